The Kier molecular flexibility index (Phi) is 2.61. The largest absolute Gasteiger partial charge is 0.464 e. The molecule has 0 bridgehead atoms. The molecule has 1 aromatic carbocycles. The number of halogens is 3. The molecule has 0 spiro atoms. The summed E-state index contributed by atoms with van der Waals surface area (Å²) in [7, 11) is 0. The van der Waals surface area contributed by atoms with Crippen LogP contribution in [0.25, 0.3) is 11.3 Å². The Bertz CT molecular complexity index is 430. The van der Waals surface area contributed by atoms with Gasteiger partial charge in [-0.15, -0.1) is 0 Å². The van der Waals surface area contributed by atoms with Crippen molar-refractivity contribution in [2.45, 2.75) is 0 Å². The van der Waals surface area contributed by atoms with Crippen LogP contribution in [0.5, 0.6) is 0 Å². The van der Waals surface area contributed by atoms with Crippen LogP contribution >= 0.6 is 27.5 Å². The molecule has 0 saturated carbocycles. The molecule has 4 heteroatoms. The lowest BCUT2D eigenvalue weighted by molar-refractivity contribution is 0.579. The topological polar surface area (TPSA) is 13.1 Å². The number of benzene rings is 1. The summed E-state index contributed by atoms with van der Waals surface area (Å²) in [6, 6.07) is 6.50. The Morgan fingerprint density at radius 1 is 1.36 bits per heavy atom. The van der Waals surface area contributed by atoms with E-state index in [9.17, 15) is 4.39 Å². The summed E-state index contributed by atoms with van der Waals surface area (Å²) in [6.45, 7) is 0. The van der Waals surface area contributed by atoms with Crippen molar-refractivity contribution in [3.8, 4) is 11.3 Å². The van der Waals surface area contributed by atoms with Gasteiger partial charge >= 0.3 is 0 Å². The first-order valence-electron chi connectivity index (χ1n) is 3.87. The molecule has 0 radical (unpaired) electrons. The van der Waals surface area contributed by atoms with Gasteiger partial charge in [-0.05, 0) is 40.2 Å². The minimum absolute atomic E-state index is 0.273. The molecule has 0 amide bonds. The van der Waals surface area contributed by atoms with Crippen LogP contribution in [0.3, 0.4) is 0 Å². The first-order valence-corrected chi connectivity index (χ1v) is 5.04. The van der Waals surface area contributed by atoms with E-state index in [1.807, 2.05) is 0 Å². The second-order valence-electron chi connectivity index (χ2n) is 2.73. The number of furan rings is 1. The molecular formula is C10H5BrClFO. The maximum atomic E-state index is 13.3. The van der Waals surface area contributed by atoms with Crippen molar-refractivity contribution in [3.63, 3.8) is 0 Å². The van der Waals surface area contributed by atoms with Crippen LogP contribution in [0.1, 0.15) is 0 Å². The average Bonchev–Trinajstić information content (AvgIpc) is 2.66. The molecule has 0 atom stereocenters. The van der Waals surface area contributed by atoms with E-state index in [0.717, 1.165) is 0 Å². The summed E-state index contributed by atoms with van der Waals surface area (Å²) in [5.41, 5.74) is 0.626. The highest BCUT2D eigenvalue weighted by Crippen LogP contribution is 2.31. The Labute approximate surface area is 93.6 Å². The van der Waals surface area contributed by atoms with E-state index in [-0.39, 0.29) is 4.47 Å². The third-order valence-electron chi connectivity index (χ3n) is 1.79. The number of hydrogen-bond acceptors (Lipinski definition) is 1. The summed E-state index contributed by atoms with van der Waals surface area (Å²) in [6.07, 6.45) is 1.53. The van der Waals surface area contributed by atoms with Crippen molar-refractivity contribution in [3.05, 3.63) is 45.8 Å². The molecule has 0 saturated heterocycles. The Morgan fingerprint density at radius 2 is 2.14 bits per heavy atom. The van der Waals surface area contributed by atoms with Crippen LogP contribution in [0.15, 0.2) is 39.4 Å². The van der Waals surface area contributed by atoms with Crippen LogP contribution in [0.2, 0.25) is 5.02 Å². The number of hydrogen-bond donors (Lipinski definition) is 0. The lowest BCUT2D eigenvalue weighted by Gasteiger charge is -2.01. The highest BCUT2D eigenvalue weighted by Gasteiger charge is 2.09. The first-order chi connectivity index (χ1) is 6.68. The normalized spacial score (nSPS) is 10.5. The fraction of sp³-hybridized carbons (Fsp3) is 0. The summed E-state index contributed by atoms with van der Waals surface area (Å²) < 4.78 is 18.7. The summed E-state index contributed by atoms with van der Waals surface area (Å²) in [5.74, 6) is 0.196. The van der Waals surface area contributed by atoms with E-state index in [0.29, 0.717) is 16.3 Å². The van der Waals surface area contributed by atoms with Crippen molar-refractivity contribution >= 4 is 27.5 Å². The predicted molar refractivity (Wildman–Crippen MR) is 56.8 cm³/mol. The van der Waals surface area contributed by atoms with E-state index in [2.05, 4.69) is 15.9 Å². The van der Waals surface area contributed by atoms with Gasteiger partial charge in [-0.2, -0.15) is 0 Å². The molecule has 72 valence electrons. The Morgan fingerprint density at radius 3 is 2.71 bits per heavy atom. The molecule has 14 heavy (non-hydrogen) atoms. The van der Waals surface area contributed by atoms with Crippen LogP contribution in [-0.4, -0.2) is 0 Å². The lowest BCUT2D eigenvalue weighted by Crippen LogP contribution is -1.82. The third-order valence-corrected chi connectivity index (χ3v) is 3.12. The molecule has 0 aliphatic rings. The zero-order valence-corrected chi connectivity index (χ0v) is 9.27. The SMILES string of the molecule is Fc1cc(-c2ccco2)cc(Cl)c1Br. The quantitative estimate of drug-likeness (QED) is 0.698. The van der Waals surface area contributed by atoms with Crippen molar-refractivity contribution in [2.75, 3.05) is 0 Å². The van der Waals surface area contributed by atoms with E-state index >= 15 is 0 Å². The van der Waals surface area contributed by atoms with Gasteiger partial charge in [0, 0.05) is 5.56 Å². The maximum Gasteiger partial charge on any atom is 0.139 e. The fourth-order valence-corrected chi connectivity index (χ4v) is 1.58. The highest BCUT2D eigenvalue weighted by molar-refractivity contribution is 9.10. The van der Waals surface area contributed by atoms with Crippen molar-refractivity contribution < 1.29 is 8.81 Å². The molecule has 0 fully saturated rings. The average molecular weight is 276 g/mol. The highest BCUT2D eigenvalue weighted by atomic mass is 79.9. The molecule has 0 aliphatic heterocycles. The molecule has 2 aromatic rings. The number of rotatable bonds is 1. The third kappa shape index (κ3) is 1.70. The maximum absolute atomic E-state index is 13.3. The lowest BCUT2D eigenvalue weighted by atomic mass is 10.2. The van der Waals surface area contributed by atoms with E-state index in [1.54, 1.807) is 18.2 Å². The predicted octanol–water partition coefficient (Wildman–Crippen LogP) is 4.50. The van der Waals surface area contributed by atoms with Gasteiger partial charge < -0.3 is 4.42 Å². The van der Waals surface area contributed by atoms with Gasteiger partial charge in [0.05, 0.1) is 15.8 Å². The zero-order chi connectivity index (χ0) is 10.1. The molecule has 0 N–H and O–H groups in total. The Balaban J connectivity index is 2.57. The summed E-state index contributed by atoms with van der Waals surface area (Å²) in [4.78, 5) is 0. The van der Waals surface area contributed by atoms with Gasteiger partial charge in [-0.25, -0.2) is 4.39 Å². The minimum atomic E-state index is -0.399. The second kappa shape index (κ2) is 3.75. The monoisotopic (exact) mass is 274 g/mol. The molecule has 0 aliphatic carbocycles. The molecule has 1 heterocycles. The van der Waals surface area contributed by atoms with Gasteiger partial charge in [0.25, 0.3) is 0 Å². The van der Waals surface area contributed by atoms with Crippen LogP contribution in [-0.2, 0) is 0 Å². The van der Waals surface area contributed by atoms with Crippen molar-refractivity contribution in [1.82, 2.24) is 0 Å². The van der Waals surface area contributed by atoms with Crippen LogP contribution in [0.4, 0.5) is 4.39 Å². The van der Waals surface area contributed by atoms with Crippen molar-refractivity contribution in [2.24, 2.45) is 0 Å². The smallest absolute Gasteiger partial charge is 0.139 e. The van der Waals surface area contributed by atoms with Gasteiger partial charge in [0.2, 0.25) is 0 Å². The van der Waals surface area contributed by atoms with Gasteiger partial charge in [0.1, 0.15) is 11.6 Å². The molecule has 1 aromatic heterocycles. The minimum Gasteiger partial charge on any atom is -0.464 e. The molecule has 0 unspecified atom stereocenters. The van der Waals surface area contributed by atoms with Crippen molar-refractivity contribution in [1.29, 1.82) is 0 Å². The standard InChI is InChI=1S/C10H5BrClFO/c11-10-7(12)4-6(5-8(10)13)9-2-1-3-14-9/h1-5H. The van der Waals surface area contributed by atoms with Crippen LogP contribution in [0, 0.1) is 5.82 Å². The first kappa shape index (κ1) is 9.74. The zero-order valence-electron chi connectivity index (χ0n) is 6.93. The van der Waals surface area contributed by atoms with Crippen LogP contribution < -0.4 is 0 Å². The van der Waals surface area contributed by atoms with E-state index < -0.39 is 5.82 Å². The van der Waals surface area contributed by atoms with Gasteiger partial charge in [-0.3, -0.25) is 0 Å². The molecule has 1 nitrogen and oxygen atoms in total. The fourth-order valence-electron chi connectivity index (χ4n) is 1.14. The molecular weight excluding hydrogens is 270 g/mol. The molecule has 2 rings (SSSR count). The Hall–Kier alpha value is -0.800. The van der Waals surface area contributed by atoms with E-state index in [4.69, 9.17) is 16.0 Å². The van der Waals surface area contributed by atoms with E-state index in [1.165, 1.54) is 12.3 Å². The summed E-state index contributed by atoms with van der Waals surface area (Å²) in [5, 5.41) is 0.330. The second-order valence-corrected chi connectivity index (χ2v) is 3.93. The van der Waals surface area contributed by atoms with Gasteiger partial charge in [-0.1, -0.05) is 11.6 Å². The van der Waals surface area contributed by atoms with Gasteiger partial charge in [0.15, 0.2) is 0 Å². The summed E-state index contributed by atoms with van der Waals surface area (Å²) >= 11 is 8.85.